The van der Waals surface area contributed by atoms with Crippen molar-refractivity contribution in [3.8, 4) is 5.75 Å². The summed E-state index contributed by atoms with van der Waals surface area (Å²) < 4.78 is 0. The summed E-state index contributed by atoms with van der Waals surface area (Å²) in [6, 6.07) is 4.48. The van der Waals surface area contributed by atoms with Gasteiger partial charge in [-0.25, -0.2) is 0 Å². The van der Waals surface area contributed by atoms with Crippen LogP contribution in [-0.2, 0) is 18.3 Å². The Labute approximate surface area is 170 Å². The predicted octanol–water partition coefficient (Wildman–Crippen LogP) is 8.50. The van der Waals surface area contributed by atoms with Gasteiger partial charge < -0.3 is 5.11 Å². The quantitative estimate of drug-likeness (QED) is 0.324. The van der Waals surface area contributed by atoms with Gasteiger partial charge in [-0.2, -0.15) is 0 Å². The van der Waals surface area contributed by atoms with Crippen LogP contribution in [0.1, 0.15) is 128 Å². The van der Waals surface area contributed by atoms with Crippen molar-refractivity contribution in [3.63, 3.8) is 0 Å². The average molecular weight is 375 g/mol. The van der Waals surface area contributed by atoms with E-state index in [1.165, 1.54) is 93.7 Å². The van der Waals surface area contributed by atoms with Crippen LogP contribution in [0.15, 0.2) is 12.1 Å². The first kappa shape index (κ1) is 24.1. The first-order chi connectivity index (χ1) is 12.9. The second kappa shape index (κ2) is 13.2. The van der Waals surface area contributed by atoms with Crippen molar-refractivity contribution in [2.24, 2.45) is 0 Å². The maximum atomic E-state index is 11.0. The summed E-state index contributed by atoms with van der Waals surface area (Å²) in [5.74, 6) is 0.601. The third-order valence-electron chi connectivity index (χ3n) is 5.75. The molecule has 0 spiro atoms. The lowest BCUT2D eigenvalue weighted by molar-refractivity contribution is 0.450. The molecule has 1 aromatic carbocycles. The standard InChI is InChI=1S/C26H46O/c1-6-8-10-12-14-16-18-22-20-21-24(26(3,4)5)23(25(22)27)19-17-15-13-11-9-7-2/h20-21,27H,6-19H2,1-5H3. The van der Waals surface area contributed by atoms with Gasteiger partial charge in [0.1, 0.15) is 5.75 Å². The fourth-order valence-corrected chi connectivity index (χ4v) is 4.02. The monoisotopic (exact) mass is 374 g/mol. The van der Waals surface area contributed by atoms with Gasteiger partial charge in [0.05, 0.1) is 0 Å². The van der Waals surface area contributed by atoms with Crippen LogP contribution in [0, 0.1) is 0 Å². The number of aryl methyl sites for hydroxylation is 1. The van der Waals surface area contributed by atoms with Crippen molar-refractivity contribution in [3.05, 3.63) is 28.8 Å². The van der Waals surface area contributed by atoms with Crippen LogP contribution in [0.4, 0.5) is 0 Å². The summed E-state index contributed by atoms with van der Waals surface area (Å²) in [5, 5.41) is 11.0. The van der Waals surface area contributed by atoms with E-state index in [2.05, 4.69) is 46.8 Å². The summed E-state index contributed by atoms with van der Waals surface area (Å²) in [7, 11) is 0. The summed E-state index contributed by atoms with van der Waals surface area (Å²) in [6.07, 6.45) is 17.7. The highest BCUT2D eigenvalue weighted by atomic mass is 16.3. The number of aromatic hydroxyl groups is 1. The van der Waals surface area contributed by atoms with Crippen LogP contribution in [0.3, 0.4) is 0 Å². The molecule has 0 aliphatic rings. The summed E-state index contributed by atoms with van der Waals surface area (Å²) >= 11 is 0. The molecule has 0 aromatic heterocycles. The number of benzene rings is 1. The number of hydrogen-bond donors (Lipinski definition) is 1. The number of hydrogen-bond acceptors (Lipinski definition) is 1. The zero-order valence-electron chi connectivity index (χ0n) is 19.0. The molecular weight excluding hydrogens is 328 g/mol. The summed E-state index contributed by atoms with van der Waals surface area (Å²) in [4.78, 5) is 0. The van der Waals surface area contributed by atoms with Crippen molar-refractivity contribution in [1.82, 2.24) is 0 Å². The van der Waals surface area contributed by atoms with Crippen LogP contribution in [0.2, 0.25) is 0 Å². The third kappa shape index (κ3) is 9.17. The minimum atomic E-state index is 0.0910. The van der Waals surface area contributed by atoms with E-state index in [-0.39, 0.29) is 5.41 Å². The highest BCUT2D eigenvalue weighted by Crippen LogP contribution is 2.35. The normalized spacial score (nSPS) is 11.9. The molecule has 0 amide bonds. The molecule has 0 saturated heterocycles. The molecule has 0 fully saturated rings. The van der Waals surface area contributed by atoms with Crippen molar-refractivity contribution in [1.29, 1.82) is 0 Å². The smallest absolute Gasteiger partial charge is 0.122 e. The molecule has 1 heteroatoms. The zero-order chi connectivity index (χ0) is 20.1. The molecular formula is C26H46O. The molecule has 1 aromatic rings. The van der Waals surface area contributed by atoms with E-state index in [1.54, 1.807) is 0 Å². The van der Waals surface area contributed by atoms with Crippen LogP contribution in [0.5, 0.6) is 5.75 Å². The highest BCUT2D eigenvalue weighted by molar-refractivity contribution is 5.48. The molecule has 0 bridgehead atoms. The van der Waals surface area contributed by atoms with Crippen molar-refractivity contribution in [2.75, 3.05) is 0 Å². The number of phenolic OH excluding ortho intramolecular Hbond substituents is 1. The molecule has 0 unspecified atom stereocenters. The first-order valence-corrected chi connectivity index (χ1v) is 11.8. The van der Waals surface area contributed by atoms with Crippen LogP contribution in [-0.4, -0.2) is 5.11 Å². The van der Waals surface area contributed by atoms with E-state index in [4.69, 9.17) is 0 Å². The lowest BCUT2D eigenvalue weighted by Gasteiger charge is -2.25. The minimum absolute atomic E-state index is 0.0910. The van der Waals surface area contributed by atoms with E-state index in [0.717, 1.165) is 12.8 Å². The number of rotatable bonds is 14. The molecule has 27 heavy (non-hydrogen) atoms. The Morgan fingerprint density at radius 2 is 1.15 bits per heavy atom. The van der Waals surface area contributed by atoms with Gasteiger partial charge in [-0.1, -0.05) is 111 Å². The van der Waals surface area contributed by atoms with Crippen molar-refractivity contribution in [2.45, 2.75) is 130 Å². The van der Waals surface area contributed by atoms with Gasteiger partial charge in [-0.15, -0.1) is 0 Å². The Morgan fingerprint density at radius 3 is 1.67 bits per heavy atom. The van der Waals surface area contributed by atoms with Crippen LogP contribution in [0.25, 0.3) is 0 Å². The predicted molar refractivity (Wildman–Crippen MR) is 121 cm³/mol. The lowest BCUT2D eigenvalue weighted by atomic mass is 9.80. The van der Waals surface area contributed by atoms with Gasteiger partial charge in [0, 0.05) is 0 Å². The van der Waals surface area contributed by atoms with E-state index in [1.807, 2.05) is 0 Å². The Bertz CT molecular complexity index is 510. The van der Waals surface area contributed by atoms with Crippen LogP contribution < -0.4 is 0 Å². The van der Waals surface area contributed by atoms with Gasteiger partial charge >= 0.3 is 0 Å². The molecule has 0 heterocycles. The second-order valence-corrected chi connectivity index (χ2v) is 9.38. The molecule has 0 aliphatic heterocycles. The maximum Gasteiger partial charge on any atom is 0.122 e. The topological polar surface area (TPSA) is 20.2 Å². The third-order valence-corrected chi connectivity index (χ3v) is 5.75. The van der Waals surface area contributed by atoms with E-state index < -0.39 is 0 Å². The minimum Gasteiger partial charge on any atom is -0.507 e. The van der Waals surface area contributed by atoms with Gasteiger partial charge in [0.2, 0.25) is 0 Å². The van der Waals surface area contributed by atoms with Gasteiger partial charge in [0.15, 0.2) is 0 Å². The molecule has 0 atom stereocenters. The summed E-state index contributed by atoms with van der Waals surface area (Å²) in [6.45, 7) is 11.3. The lowest BCUT2D eigenvalue weighted by Crippen LogP contribution is -2.15. The second-order valence-electron chi connectivity index (χ2n) is 9.38. The van der Waals surface area contributed by atoms with Crippen molar-refractivity contribution < 1.29 is 5.11 Å². The molecule has 1 nitrogen and oxygen atoms in total. The Kier molecular flexibility index (Phi) is 11.8. The van der Waals surface area contributed by atoms with E-state index in [0.29, 0.717) is 5.75 Å². The SMILES string of the molecule is CCCCCCCCc1ccc(C(C)(C)C)c(CCCCCCCC)c1O. The maximum absolute atomic E-state index is 11.0. The Balaban J connectivity index is 2.69. The van der Waals surface area contributed by atoms with Gasteiger partial charge in [-0.05, 0) is 47.8 Å². The fourth-order valence-electron chi connectivity index (χ4n) is 4.02. The highest BCUT2D eigenvalue weighted by Gasteiger charge is 2.21. The van der Waals surface area contributed by atoms with Gasteiger partial charge in [0.25, 0.3) is 0 Å². The van der Waals surface area contributed by atoms with Crippen molar-refractivity contribution >= 4 is 0 Å². The molecule has 1 rings (SSSR count). The molecule has 0 radical (unpaired) electrons. The first-order valence-electron chi connectivity index (χ1n) is 11.8. The van der Waals surface area contributed by atoms with Gasteiger partial charge in [-0.3, -0.25) is 0 Å². The number of phenols is 1. The average Bonchev–Trinajstić information content (AvgIpc) is 2.62. The van der Waals surface area contributed by atoms with E-state index in [9.17, 15) is 5.11 Å². The van der Waals surface area contributed by atoms with Crippen LogP contribution >= 0.6 is 0 Å². The molecule has 0 saturated carbocycles. The van der Waals surface area contributed by atoms with E-state index >= 15 is 0 Å². The summed E-state index contributed by atoms with van der Waals surface area (Å²) in [5.41, 5.74) is 3.81. The Hall–Kier alpha value is -0.980. The molecule has 0 aliphatic carbocycles. The molecule has 156 valence electrons. The number of unbranched alkanes of at least 4 members (excludes halogenated alkanes) is 10. The largest absolute Gasteiger partial charge is 0.507 e. The fraction of sp³-hybridized carbons (Fsp3) is 0.769. The Morgan fingerprint density at radius 1 is 0.667 bits per heavy atom. The molecule has 1 N–H and O–H groups in total. The zero-order valence-corrected chi connectivity index (χ0v) is 19.0.